The van der Waals surface area contributed by atoms with Crippen molar-refractivity contribution in [2.24, 2.45) is 0 Å². The summed E-state index contributed by atoms with van der Waals surface area (Å²) in [6.45, 7) is 7.14. The molecule has 1 unspecified atom stereocenters. The van der Waals surface area contributed by atoms with E-state index in [1.54, 1.807) is 32.9 Å². The number of hydrogen-bond donors (Lipinski definition) is 2. The molecule has 0 amide bonds. The first-order valence-electron chi connectivity index (χ1n) is 4.42. The molecule has 0 rings (SSSR count). The van der Waals surface area contributed by atoms with Crippen LogP contribution in [0.15, 0.2) is 12.2 Å². The molecule has 72 valence electrons. The van der Waals surface area contributed by atoms with Gasteiger partial charge in [-0.05, 0) is 27.2 Å². The fourth-order valence-electron chi connectivity index (χ4n) is 0.973. The van der Waals surface area contributed by atoms with Gasteiger partial charge in [0.05, 0.1) is 11.2 Å². The Morgan fingerprint density at radius 1 is 1.08 bits per heavy atom. The van der Waals surface area contributed by atoms with E-state index >= 15 is 0 Å². The van der Waals surface area contributed by atoms with Crippen LogP contribution in [0.3, 0.4) is 0 Å². The zero-order valence-corrected chi connectivity index (χ0v) is 8.46. The average molecular weight is 172 g/mol. The second-order valence-corrected chi connectivity index (χ2v) is 4.09. The summed E-state index contributed by atoms with van der Waals surface area (Å²) in [5, 5.41) is 19.0. The molecule has 0 aliphatic heterocycles. The smallest absolute Gasteiger partial charge is 0.0800 e. The van der Waals surface area contributed by atoms with Crippen molar-refractivity contribution in [3.63, 3.8) is 0 Å². The lowest BCUT2D eigenvalue weighted by molar-refractivity contribution is 0.0927. The molecule has 0 saturated carbocycles. The number of rotatable bonds is 4. The van der Waals surface area contributed by atoms with Crippen molar-refractivity contribution in [3.05, 3.63) is 12.2 Å². The van der Waals surface area contributed by atoms with E-state index in [4.69, 9.17) is 0 Å². The van der Waals surface area contributed by atoms with Crippen LogP contribution >= 0.6 is 0 Å². The van der Waals surface area contributed by atoms with Gasteiger partial charge in [0, 0.05) is 0 Å². The molecule has 2 nitrogen and oxygen atoms in total. The molecule has 0 aliphatic carbocycles. The molecule has 2 heteroatoms. The maximum absolute atomic E-state index is 9.68. The van der Waals surface area contributed by atoms with Gasteiger partial charge in [0.1, 0.15) is 0 Å². The molecule has 2 N–H and O–H groups in total. The summed E-state index contributed by atoms with van der Waals surface area (Å²) in [6.07, 6.45) is 4.95. The van der Waals surface area contributed by atoms with Gasteiger partial charge in [0.15, 0.2) is 0 Å². The minimum absolute atomic E-state index is 0.722. The quantitative estimate of drug-likeness (QED) is 0.635. The fraction of sp³-hybridized carbons (Fsp3) is 0.800. The molecule has 0 aliphatic rings. The molecule has 0 heterocycles. The van der Waals surface area contributed by atoms with Crippen LogP contribution in [0.4, 0.5) is 0 Å². The number of hydrogen-bond acceptors (Lipinski definition) is 2. The summed E-state index contributed by atoms with van der Waals surface area (Å²) < 4.78 is 0. The Kier molecular flexibility index (Phi) is 3.94. The highest BCUT2D eigenvalue weighted by Crippen LogP contribution is 2.15. The molecule has 0 radical (unpaired) electrons. The topological polar surface area (TPSA) is 40.5 Å². The summed E-state index contributed by atoms with van der Waals surface area (Å²) in [5.74, 6) is 0. The van der Waals surface area contributed by atoms with Crippen molar-refractivity contribution in [1.82, 2.24) is 0 Å². The predicted molar refractivity (Wildman–Crippen MR) is 51.0 cm³/mol. The summed E-state index contributed by atoms with van der Waals surface area (Å²) in [7, 11) is 0. The predicted octanol–water partition coefficient (Wildman–Crippen LogP) is 1.86. The first kappa shape index (κ1) is 11.7. The highest BCUT2D eigenvalue weighted by Gasteiger charge is 2.16. The monoisotopic (exact) mass is 172 g/mol. The van der Waals surface area contributed by atoms with Gasteiger partial charge in [-0.2, -0.15) is 0 Å². The lowest BCUT2D eigenvalue weighted by atomic mass is 9.97. The first-order chi connectivity index (χ1) is 5.27. The molecule has 0 spiro atoms. The fourth-order valence-corrected chi connectivity index (χ4v) is 0.973. The van der Waals surface area contributed by atoms with Crippen LogP contribution < -0.4 is 0 Å². The minimum Gasteiger partial charge on any atom is -0.386 e. The molecule has 0 aromatic heterocycles. The normalized spacial score (nSPS) is 18.2. The van der Waals surface area contributed by atoms with Crippen LogP contribution in [0.5, 0.6) is 0 Å². The minimum atomic E-state index is -0.836. The van der Waals surface area contributed by atoms with E-state index in [0.717, 1.165) is 12.8 Å². The maximum Gasteiger partial charge on any atom is 0.0800 e. The van der Waals surface area contributed by atoms with Gasteiger partial charge in [0.25, 0.3) is 0 Å². The third-order valence-corrected chi connectivity index (χ3v) is 1.61. The molecular weight excluding hydrogens is 152 g/mol. The van der Waals surface area contributed by atoms with Crippen LogP contribution in [0.2, 0.25) is 0 Å². The van der Waals surface area contributed by atoms with E-state index in [0.29, 0.717) is 0 Å². The van der Waals surface area contributed by atoms with Crippen LogP contribution in [0.25, 0.3) is 0 Å². The lowest BCUT2D eigenvalue weighted by Gasteiger charge is -2.20. The van der Waals surface area contributed by atoms with Gasteiger partial charge >= 0.3 is 0 Å². The van der Waals surface area contributed by atoms with Gasteiger partial charge in [-0.15, -0.1) is 0 Å². The van der Waals surface area contributed by atoms with Gasteiger partial charge in [-0.1, -0.05) is 25.5 Å². The zero-order valence-electron chi connectivity index (χ0n) is 8.46. The van der Waals surface area contributed by atoms with E-state index < -0.39 is 11.2 Å². The Hall–Kier alpha value is -0.340. The van der Waals surface area contributed by atoms with E-state index in [9.17, 15) is 10.2 Å². The highest BCUT2D eigenvalue weighted by molar-refractivity contribution is 5.04. The van der Waals surface area contributed by atoms with Gasteiger partial charge in [-0.25, -0.2) is 0 Å². The number of aliphatic hydroxyl groups is 2. The van der Waals surface area contributed by atoms with E-state index in [2.05, 4.69) is 0 Å². The molecule has 0 fully saturated rings. The summed E-state index contributed by atoms with van der Waals surface area (Å²) in [6, 6.07) is 0. The van der Waals surface area contributed by atoms with E-state index in [-0.39, 0.29) is 0 Å². The Balaban J connectivity index is 4.13. The molecule has 1 atom stereocenters. The summed E-state index contributed by atoms with van der Waals surface area (Å²) >= 11 is 0. The van der Waals surface area contributed by atoms with Crippen LogP contribution in [-0.2, 0) is 0 Å². The third-order valence-electron chi connectivity index (χ3n) is 1.61. The Labute approximate surface area is 74.9 Å². The summed E-state index contributed by atoms with van der Waals surface area (Å²) in [5.41, 5.74) is -1.62. The van der Waals surface area contributed by atoms with Crippen molar-refractivity contribution < 1.29 is 10.2 Å². The molecule has 0 aromatic carbocycles. The zero-order chi connectivity index (χ0) is 9.83. The largest absolute Gasteiger partial charge is 0.386 e. The van der Waals surface area contributed by atoms with Crippen molar-refractivity contribution in [3.8, 4) is 0 Å². The second kappa shape index (κ2) is 4.06. The maximum atomic E-state index is 9.68. The highest BCUT2D eigenvalue weighted by atomic mass is 16.3. The SMILES string of the molecule is CCCC(C)(O)/C=C/C(C)(C)O. The van der Waals surface area contributed by atoms with Gasteiger partial charge < -0.3 is 10.2 Å². The Morgan fingerprint density at radius 2 is 1.58 bits per heavy atom. The van der Waals surface area contributed by atoms with Crippen LogP contribution in [0, 0.1) is 0 Å². The molecule has 0 saturated heterocycles. The Bertz CT molecular complexity index is 152. The van der Waals surface area contributed by atoms with E-state index in [1.165, 1.54) is 0 Å². The summed E-state index contributed by atoms with van der Waals surface area (Å²) in [4.78, 5) is 0. The second-order valence-electron chi connectivity index (χ2n) is 4.09. The molecular formula is C10H20O2. The molecule has 12 heavy (non-hydrogen) atoms. The lowest BCUT2D eigenvalue weighted by Crippen LogP contribution is -2.23. The average Bonchev–Trinajstić information content (AvgIpc) is 1.83. The van der Waals surface area contributed by atoms with Gasteiger partial charge in [-0.3, -0.25) is 0 Å². The van der Waals surface area contributed by atoms with Crippen LogP contribution in [0.1, 0.15) is 40.5 Å². The van der Waals surface area contributed by atoms with Crippen molar-refractivity contribution in [2.75, 3.05) is 0 Å². The first-order valence-corrected chi connectivity index (χ1v) is 4.42. The van der Waals surface area contributed by atoms with E-state index in [1.807, 2.05) is 6.92 Å². The van der Waals surface area contributed by atoms with Crippen molar-refractivity contribution in [1.29, 1.82) is 0 Å². The Morgan fingerprint density at radius 3 is 1.92 bits per heavy atom. The van der Waals surface area contributed by atoms with Crippen molar-refractivity contribution >= 4 is 0 Å². The molecule has 0 aromatic rings. The van der Waals surface area contributed by atoms with Gasteiger partial charge in [0.2, 0.25) is 0 Å². The van der Waals surface area contributed by atoms with Crippen LogP contribution in [-0.4, -0.2) is 21.4 Å². The van der Waals surface area contributed by atoms with Crippen molar-refractivity contribution in [2.45, 2.75) is 51.7 Å². The molecule has 0 bridgehead atoms. The third kappa shape index (κ3) is 6.38. The standard InChI is InChI=1S/C10H20O2/c1-5-6-10(4,12)8-7-9(2,3)11/h7-8,11-12H,5-6H2,1-4H3/b8-7+.